The Balaban J connectivity index is 1.82. The minimum Gasteiger partial charge on any atom is -0.462 e. The van der Waals surface area contributed by atoms with Gasteiger partial charge in [0.05, 0.1) is 17.7 Å². The molecule has 0 aliphatic heterocycles. The fourth-order valence-corrected chi connectivity index (χ4v) is 2.72. The van der Waals surface area contributed by atoms with Crippen LogP contribution < -0.4 is 5.32 Å². The number of nitrogens with zero attached hydrogens (tertiary/aromatic N) is 2. The third-order valence-corrected chi connectivity index (χ3v) is 4.09. The molecule has 0 aliphatic carbocycles. The van der Waals surface area contributed by atoms with E-state index >= 15 is 0 Å². The van der Waals surface area contributed by atoms with Crippen LogP contribution in [0.4, 0.5) is 11.5 Å². The molecular weight excluding hydrogens is 417 g/mol. The molecule has 0 amide bonds. The Kier molecular flexibility index (Phi) is 5.24. The lowest BCUT2D eigenvalue weighted by Crippen LogP contribution is -2.05. The Morgan fingerprint density at radius 2 is 1.96 bits per heavy atom. The number of nitrogens with one attached hydrogen (secondary N) is 1. The van der Waals surface area contributed by atoms with Crippen molar-refractivity contribution >= 4 is 51.0 Å². The monoisotopic (exact) mass is 433 g/mol. The largest absolute Gasteiger partial charge is 0.462 e. The van der Waals surface area contributed by atoms with Gasteiger partial charge in [-0.05, 0) is 71.5 Å². The maximum Gasteiger partial charge on any atom is 0.338 e. The molecule has 0 spiro atoms. The van der Waals surface area contributed by atoms with Crippen LogP contribution in [-0.2, 0) is 4.74 Å². The van der Waals surface area contributed by atoms with Gasteiger partial charge in [0.15, 0.2) is 0 Å². The van der Waals surface area contributed by atoms with Crippen LogP contribution in [0, 0.1) is 3.57 Å². The summed E-state index contributed by atoms with van der Waals surface area (Å²) in [5.41, 5.74) is 2.27. The Hall–Kier alpha value is -2.22. The third-order valence-electron chi connectivity index (χ3n) is 3.42. The van der Waals surface area contributed by atoms with Gasteiger partial charge in [-0.2, -0.15) is 0 Å². The molecule has 3 aromatic rings. The van der Waals surface area contributed by atoms with E-state index in [-0.39, 0.29) is 5.97 Å². The smallest absolute Gasteiger partial charge is 0.338 e. The highest BCUT2D eigenvalue weighted by atomic mass is 127. The molecule has 5 nitrogen and oxygen atoms in total. The molecule has 3 rings (SSSR count). The van der Waals surface area contributed by atoms with E-state index in [1.54, 1.807) is 12.1 Å². The summed E-state index contributed by atoms with van der Waals surface area (Å²) >= 11 is 2.26. The average molecular weight is 433 g/mol. The van der Waals surface area contributed by atoms with E-state index in [4.69, 9.17) is 4.74 Å². The second-order valence-corrected chi connectivity index (χ2v) is 6.47. The van der Waals surface area contributed by atoms with E-state index in [9.17, 15) is 4.79 Å². The van der Waals surface area contributed by atoms with Crippen molar-refractivity contribution in [2.75, 3.05) is 11.9 Å². The van der Waals surface area contributed by atoms with Crippen LogP contribution in [0.2, 0.25) is 0 Å². The van der Waals surface area contributed by atoms with Crippen molar-refractivity contribution in [3.8, 4) is 0 Å². The molecule has 0 atom stereocenters. The van der Waals surface area contributed by atoms with Gasteiger partial charge >= 0.3 is 5.97 Å². The number of carbonyl (C=O) groups is 1. The highest BCUT2D eigenvalue weighted by Gasteiger charge is 2.08. The van der Waals surface area contributed by atoms with E-state index in [1.807, 2.05) is 37.3 Å². The van der Waals surface area contributed by atoms with Crippen LogP contribution in [0.1, 0.15) is 23.7 Å². The number of esters is 1. The molecule has 122 valence electrons. The molecule has 0 unspecified atom stereocenters. The Morgan fingerprint density at radius 1 is 1.17 bits per heavy atom. The number of ether oxygens (including phenoxy) is 1. The summed E-state index contributed by atoms with van der Waals surface area (Å²) in [6.45, 7) is 2.40. The molecule has 1 N–H and O–H groups in total. The summed E-state index contributed by atoms with van der Waals surface area (Å²) in [6, 6.07) is 13.2. The van der Waals surface area contributed by atoms with Gasteiger partial charge in [0.25, 0.3) is 0 Å². The van der Waals surface area contributed by atoms with Gasteiger partial charge in [-0.15, -0.1) is 0 Å². The highest BCUT2D eigenvalue weighted by Crippen LogP contribution is 2.24. The molecule has 1 aromatic heterocycles. The zero-order valence-electron chi connectivity index (χ0n) is 13.1. The first-order chi connectivity index (χ1) is 11.7. The van der Waals surface area contributed by atoms with Crippen molar-refractivity contribution in [1.29, 1.82) is 0 Å². The maximum absolute atomic E-state index is 11.8. The number of carbonyl (C=O) groups excluding carboxylic acids is 1. The molecule has 0 saturated carbocycles. The summed E-state index contributed by atoms with van der Waals surface area (Å²) < 4.78 is 6.24. The lowest BCUT2D eigenvalue weighted by Gasteiger charge is -2.09. The molecule has 0 bridgehead atoms. The summed E-state index contributed by atoms with van der Waals surface area (Å²) in [5, 5.41) is 4.23. The van der Waals surface area contributed by atoms with Gasteiger partial charge in [-0.25, -0.2) is 14.8 Å². The first kappa shape index (κ1) is 16.6. The number of halogens is 1. The zero-order chi connectivity index (χ0) is 16.9. The molecule has 0 fully saturated rings. The number of hydrogen-bond acceptors (Lipinski definition) is 5. The normalized spacial score (nSPS) is 10.6. The lowest BCUT2D eigenvalue weighted by atomic mass is 10.2. The Morgan fingerprint density at radius 3 is 2.71 bits per heavy atom. The van der Waals surface area contributed by atoms with Crippen LogP contribution in [0.25, 0.3) is 10.9 Å². The van der Waals surface area contributed by atoms with E-state index in [0.717, 1.165) is 32.4 Å². The van der Waals surface area contributed by atoms with Gasteiger partial charge in [0.2, 0.25) is 0 Å². The first-order valence-corrected chi connectivity index (χ1v) is 8.69. The molecule has 2 aromatic carbocycles. The molecule has 24 heavy (non-hydrogen) atoms. The summed E-state index contributed by atoms with van der Waals surface area (Å²) in [7, 11) is 0. The number of aromatic nitrogens is 2. The van der Waals surface area contributed by atoms with Crippen LogP contribution in [0.3, 0.4) is 0 Å². The van der Waals surface area contributed by atoms with Crippen LogP contribution in [0.5, 0.6) is 0 Å². The molecular formula is C18H16IN3O2. The Labute approximate surface area is 153 Å². The number of hydrogen-bond donors (Lipinski definition) is 1. The molecule has 0 radical (unpaired) electrons. The van der Waals surface area contributed by atoms with Crippen LogP contribution in [0.15, 0.2) is 48.8 Å². The standard InChI is InChI=1S/C18H16IN3O2/c1-2-9-24-18(23)12-3-6-14(7-4-12)22-17-15-10-13(19)5-8-16(15)20-11-21-17/h3-8,10-11H,2,9H2,1H3,(H,20,21,22). The number of benzene rings is 2. The second kappa shape index (κ2) is 7.57. The molecule has 0 saturated heterocycles. The van der Waals surface area contributed by atoms with E-state index in [0.29, 0.717) is 12.2 Å². The summed E-state index contributed by atoms with van der Waals surface area (Å²) in [4.78, 5) is 20.4. The topological polar surface area (TPSA) is 64.1 Å². The number of rotatable bonds is 5. The van der Waals surface area contributed by atoms with Gasteiger partial charge in [0.1, 0.15) is 12.1 Å². The zero-order valence-corrected chi connectivity index (χ0v) is 15.3. The average Bonchev–Trinajstić information content (AvgIpc) is 2.61. The van der Waals surface area contributed by atoms with Gasteiger partial charge in [0, 0.05) is 14.6 Å². The minimum absolute atomic E-state index is 0.301. The number of anilines is 2. The fourth-order valence-electron chi connectivity index (χ4n) is 2.23. The van der Waals surface area contributed by atoms with Crippen molar-refractivity contribution < 1.29 is 9.53 Å². The number of fused-ring (bicyclic) bond motifs is 1. The van der Waals surface area contributed by atoms with Gasteiger partial charge < -0.3 is 10.1 Å². The predicted molar refractivity (Wildman–Crippen MR) is 103 cm³/mol. The van der Waals surface area contributed by atoms with Crippen molar-refractivity contribution in [1.82, 2.24) is 9.97 Å². The predicted octanol–water partition coefficient (Wildman–Crippen LogP) is 4.54. The van der Waals surface area contributed by atoms with Gasteiger partial charge in [-0.3, -0.25) is 0 Å². The van der Waals surface area contributed by atoms with E-state index < -0.39 is 0 Å². The first-order valence-electron chi connectivity index (χ1n) is 7.62. The molecule has 6 heteroatoms. The second-order valence-electron chi connectivity index (χ2n) is 5.22. The maximum atomic E-state index is 11.8. The van der Waals surface area contributed by atoms with E-state index in [2.05, 4.69) is 37.9 Å². The third kappa shape index (κ3) is 3.81. The highest BCUT2D eigenvalue weighted by molar-refractivity contribution is 14.1. The lowest BCUT2D eigenvalue weighted by molar-refractivity contribution is 0.0505. The molecule has 0 aliphatic rings. The van der Waals surface area contributed by atoms with Crippen molar-refractivity contribution in [2.24, 2.45) is 0 Å². The molecule has 1 heterocycles. The summed E-state index contributed by atoms with van der Waals surface area (Å²) in [6.07, 6.45) is 2.35. The Bertz CT molecular complexity index is 866. The fraction of sp³-hybridized carbons (Fsp3) is 0.167. The van der Waals surface area contributed by atoms with E-state index in [1.165, 1.54) is 6.33 Å². The quantitative estimate of drug-likeness (QED) is 0.473. The SMILES string of the molecule is CCCOC(=O)c1ccc(Nc2ncnc3ccc(I)cc23)cc1. The van der Waals surface area contributed by atoms with Crippen LogP contribution >= 0.6 is 22.6 Å². The van der Waals surface area contributed by atoms with Crippen molar-refractivity contribution in [3.63, 3.8) is 0 Å². The van der Waals surface area contributed by atoms with Crippen molar-refractivity contribution in [3.05, 3.63) is 57.9 Å². The summed E-state index contributed by atoms with van der Waals surface area (Å²) in [5.74, 6) is 0.435. The van der Waals surface area contributed by atoms with Crippen LogP contribution in [-0.4, -0.2) is 22.5 Å². The van der Waals surface area contributed by atoms with Crippen molar-refractivity contribution in [2.45, 2.75) is 13.3 Å². The minimum atomic E-state index is -0.301. The van der Waals surface area contributed by atoms with Gasteiger partial charge in [-0.1, -0.05) is 6.92 Å².